The van der Waals surface area contributed by atoms with Gasteiger partial charge in [-0.05, 0) is 42.8 Å². The van der Waals surface area contributed by atoms with Crippen LogP contribution in [0.25, 0.3) is 0 Å². The standard InChI is InChI=1S/C17H17BrN2O3/c1-12-9-13(18)7-8-15(12)20-16(21)10-19-17(22)11-23-14-5-3-2-4-6-14/h2-9H,10-11H2,1H3,(H,19,22)(H,20,21). The second-order valence-corrected chi connectivity index (χ2v) is 5.80. The summed E-state index contributed by atoms with van der Waals surface area (Å²) in [7, 11) is 0. The van der Waals surface area contributed by atoms with Gasteiger partial charge in [0, 0.05) is 10.2 Å². The average Bonchev–Trinajstić information content (AvgIpc) is 2.54. The minimum atomic E-state index is -0.350. The van der Waals surface area contributed by atoms with Gasteiger partial charge in [-0.2, -0.15) is 0 Å². The maximum atomic E-state index is 11.8. The molecule has 120 valence electrons. The van der Waals surface area contributed by atoms with Gasteiger partial charge in [-0.15, -0.1) is 0 Å². The van der Waals surface area contributed by atoms with E-state index in [2.05, 4.69) is 26.6 Å². The summed E-state index contributed by atoms with van der Waals surface area (Å²) in [5, 5.41) is 5.27. The third-order valence-electron chi connectivity index (χ3n) is 3.02. The molecule has 6 heteroatoms. The molecule has 0 saturated heterocycles. The number of hydrogen-bond acceptors (Lipinski definition) is 3. The first-order valence-corrected chi connectivity index (χ1v) is 7.84. The molecule has 2 N–H and O–H groups in total. The number of para-hydroxylation sites is 1. The van der Waals surface area contributed by atoms with Crippen LogP contribution in [0.15, 0.2) is 53.0 Å². The van der Waals surface area contributed by atoms with E-state index in [-0.39, 0.29) is 25.0 Å². The summed E-state index contributed by atoms with van der Waals surface area (Å²) in [6.45, 7) is 1.66. The molecule has 0 fully saturated rings. The SMILES string of the molecule is Cc1cc(Br)ccc1NC(=O)CNC(=O)COc1ccccc1. The van der Waals surface area contributed by atoms with Crippen LogP contribution < -0.4 is 15.4 Å². The van der Waals surface area contributed by atoms with Gasteiger partial charge in [-0.3, -0.25) is 9.59 Å². The first-order valence-electron chi connectivity index (χ1n) is 7.05. The lowest BCUT2D eigenvalue weighted by molar-refractivity contribution is -0.125. The van der Waals surface area contributed by atoms with Crippen LogP contribution in [0, 0.1) is 6.92 Å². The maximum Gasteiger partial charge on any atom is 0.258 e. The molecule has 5 nitrogen and oxygen atoms in total. The third-order valence-corrected chi connectivity index (χ3v) is 3.52. The normalized spacial score (nSPS) is 10.0. The Kier molecular flexibility index (Phi) is 6.17. The van der Waals surface area contributed by atoms with Gasteiger partial charge in [0.15, 0.2) is 6.61 Å². The molecule has 0 spiro atoms. The predicted octanol–water partition coefficient (Wildman–Crippen LogP) is 2.89. The van der Waals surface area contributed by atoms with Gasteiger partial charge in [-0.1, -0.05) is 34.1 Å². The molecule has 2 aromatic carbocycles. The molecule has 0 saturated carbocycles. The molecular weight excluding hydrogens is 360 g/mol. The predicted molar refractivity (Wildman–Crippen MR) is 92.5 cm³/mol. The van der Waals surface area contributed by atoms with E-state index in [1.54, 1.807) is 18.2 Å². The quantitative estimate of drug-likeness (QED) is 0.814. The number of carbonyl (C=O) groups excluding carboxylic acids is 2. The molecule has 0 aliphatic carbocycles. The fraction of sp³-hybridized carbons (Fsp3) is 0.176. The van der Waals surface area contributed by atoms with Gasteiger partial charge in [0.1, 0.15) is 5.75 Å². The van der Waals surface area contributed by atoms with Crippen molar-refractivity contribution in [3.8, 4) is 5.75 Å². The molecule has 0 heterocycles. The summed E-state index contributed by atoms with van der Waals surface area (Å²) >= 11 is 3.37. The molecular formula is C17H17BrN2O3. The fourth-order valence-corrected chi connectivity index (χ4v) is 2.33. The number of nitrogens with one attached hydrogen (secondary N) is 2. The summed E-state index contributed by atoms with van der Waals surface area (Å²) in [6.07, 6.45) is 0. The highest BCUT2D eigenvalue weighted by Crippen LogP contribution is 2.19. The summed E-state index contributed by atoms with van der Waals surface area (Å²) < 4.78 is 6.25. The van der Waals surface area contributed by atoms with Gasteiger partial charge in [0.2, 0.25) is 5.91 Å². The fourth-order valence-electron chi connectivity index (χ4n) is 1.86. The number of hydrogen-bond donors (Lipinski definition) is 2. The Labute approximate surface area is 143 Å². The third kappa shape index (κ3) is 5.75. The molecule has 0 radical (unpaired) electrons. The van der Waals surface area contributed by atoms with Crippen molar-refractivity contribution in [1.29, 1.82) is 0 Å². The number of amides is 2. The second-order valence-electron chi connectivity index (χ2n) is 4.89. The Bertz CT molecular complexity index is 689. The lowest BCUT2D eigenvalue weighted by Crippen LogP contribution is -2.35. The average molecular weight is 377 g/mol. The van der Waals surface area contributed by atoms with Gasteiger partial charge < -0.3 is 15.4 Å². The molecule has 23 heavy (non-hydrogen) atoms. The summed E-state index contributed by atoms with van der Waals surface area (Å²) in [4.78, 5) is 23.5. The molecule has 0 aromatic heterocycles. The van der Waals surface area contributed by atoms with E-state index in [9.17, 15) is 9.59 Å². The van der Waals surface area contributed by atoms with E-state index in [1.807, 2.05) is 37.3 Å². The number of carbonyl (C=O) groups is 2. The number of ether oxygens (including phenoxy) is 1. The van der Waals surface area contributed by atoms with E-state index in [0.29, 0.717) is 11.4 Å². The minimum absolute atomic E-state index is 0.105. The molecule has 2 amide bonds. The van der Waals surface area contributed by atoms with Gasteiger partial charge in [0.25, 0.3) is 5.91 Å². The highest BCUT2D eigenvalue weighted by atomic mass is 79.9. The Balaban J connectivity index is 1.74. The monoisotopic (exact) mass is 376 g/mol. The van der Waals surface area contributed by atoms with E-state index in [1.165, 1.54) is 0 Å². The number of benzene rings is 2. The van der Waals surface area contributed by atoms with Crippen LogP contribution in [0.1, 0.15) is 5.56 Å². The van der Waals surface area contributed by atoms with Crippen LogP contribution >= 0.6 is 15.9 Å². The van der Waals surface area contributed by atoms with Crippen molar-refractivity contribution in [1.82, 2.24) is 5.32 Å². The van der Waals surface area contributed by atoms with E-state index >= 15 is 0 Å². The number of aryl methyl sites for hydroxylation is 1. The molecule has 0 unspecified atom stereocenters. The molecule has 0 bridgehead atoms. The summed E-state index contributed by atoms with van der Waals surface area (Å²) in [5.74, 6) is -0.0300. The number of rotatable bonds is 6. The smallest absolute Gasteiger partial charge is 0.258 e. The maximum absolute atomic E-state index is 11.8. The van der Waals surface area contributed by atoms with Crippen LogP contribution in [0.4, 0.5) is 5.69 Å². The Morgan fingerprint density at radius 2 is 1.83 bits per heavy atom. The zero-order chi connectivity index (χ0) is 16.7. The largest absolute Gasteiger partial charge is 0.484 e. The van der Waals surface area contributed by atoms with Crippen molar-refractivity contribution in [2.45, 2.75) is 6.92 Å². The van der Waals surface area contributed by atoms with Crippen molar-refractivity contribution < 1.29 is 14.3 Å². The highest BCUT2D eigenvalue weighted by Gasteiger charge is 2.08. The minimum Gasteiger partial charge on any atom is -0.484 e. The van der Waals surface area contributed by atoms with Crippen molar-refractivity contribution in [2.75, 3.05) is 18.5 Å². The Hall–Kier alpha value is -2.34. The second kappa shape index (κ2) is 8.33. The van der Waals surface area contributed by atoms with E-state index in [0.717, 1.165) is 10.0 Å². The first-order chi connectivity index (χ1) is 11.0. The van der Waals surface area contributed by atoms with Crippen LogP contribution in [0.2, 0.25) is 0 Å². The Morgan fingerprint density at radius 3 is 2.52 bits per heavy atom. The van der Waals surface area contributed by atoms with Crippen LogP contribution in [-0.2, 0) is 9.59 Å². The molecule has 2 aromatic rings. The highest BCUT2D eigenvalue weighted by molar-refractivity contribution is 9.10. The van der Waals surface area contributed by atoms with Crippen molar-refractivity contribution in [3.05, 3.63) is 58.6 Å². The van der Waals surface area contributed by atoms with Crippen LogP contribution in [0.3, 0.4) is 0 Å². The summed E-state index contributed by atoms with van der Waals surface area (Å²) in [5.41, 5.74) is 1.65. The summed E-state index contributed by atoms with van der Waals surface area (Å²) in [6, 6.07) is 14.6. The molecule has 0 atom stereocenters. The lowest BCUT2D eigenvalue weighted by Gasteiger charge is -2.10. The van der Waals surface area contributed by atoms with Crippen molar-refractivity contribution >= 4 is 33.4 Å². The van der Waals surface area contributed by atoms with Crippen molar-refractivity contribution in [2.24, 2.45) is 0 Å². The van der Waals surface area contributed by atoms with Gasteiger partial charge in [0.05, 0.1) is 6.54 Å². The van der Waals surface area contributed by atoms with E-state index < -0.39 is 0 Å². The molecule has 0 aliphatic rings. The lowest BCUT2D eigenvalue weighted by atomic mass is 10.2. The van der Waals surface area contributed by atoms with Gasteiger partial charge in [-0.25, -0.2) is 0 Å². The molecule has 0 aliphatic heterocycles. The zero-order valence-electron chi connectivity index (χ0n) is 12.6. The zero-order valence-corrected chi connectivity index (χ0v) is 14.2. The van der Waals surface area contributed by atoms with Crippen LogP contribution in [-0.4, -0.2) is 25.0 Å². The van der Waals surface area contributed by atoms with Gasteiger partial charge >= 0.3 is 0 Å². The number of halogens is 1. The van der Waals surface area contributed by atoms with Crippen molar-refractivity contribution in [3.63, 3.8) is 0 Å². The molecule has 2 rings (SSSR count). The Morgan fingerprint density at radius 1 is 1.09 bits per heavy atom. The topological polar surface area (TPSA) is 67.4 Å². The number of anilines is 1. The van der Waals surface area contributed by atoms with E-state index in [4.69, 9.17) is 4.74 Å². The first kappa shape index (κ1) is 17.0. The van der Waals surface area contributed by atoms with Crippen LogP contribution in [0.5, 0.6) is 5.75 Å².